The molecule has 5 heteroatoms. The SMILES string of the molecule is CC(C)(O)[C@@H](O)[C@H]1CC([C@@H]2CC[C@]3(C)C4=CC[C@H]5C(C)(C)C(=O)CC[C@]5(C)[C@H]4CC[C@@]23C)[C@H](O)O1. The van der Waals surface area contributed by atoms with Gasteiger partial charge in [-0.1, -0.05) is 46.3 Å². The quantitative estimate of drug-likeness (QED) is 0.486. The van der Waals surface area contributed by atoms with Crippen molar-refractivity contribution in [3.05, 3.63) is 11.6 Å². The van der Waals surface area contributed by atoms with Gasteiger partial charge in [-0.05, 0) is 92.8 Å². The van der Waals surface area contributed by atoms with Crippen molar-refractivity contribution in [1.29, 1.82) is 0 Å². The largest absolute Gasteiger partial charge is 0.388 e. The molecule has 0 amide bonds. The summed E-state index contributed by atoms with van der Waals surface area (Å²) in [4.78, 5) is 12.8. The van der Waals surface area contributed by atoms with Crippen molar-refractivity contribution >= 4 is 5.78 Å². The Morgan fingerprint density at radius 2 is 1.77 bits per heavy atom. The molecule has 1 aliphatic heterocycles. The van der Waals surface area contributed by atoms with Crippen LogP contribution < -0.4 is 0 Å². The Labute approximate surface area is 211 Å². The highest BCUT2D eigenvalue weighted by molar-refractivity contribution is 5.85. The van der Waals surface area contributed by atoms with Gasteiger partial charge in [0, 0.05) is 17.8 Å². The molecular formula is C30H48O5. The Balaban J connectivity index is 1.44. The van der Waals surface area contributed by atoms with Crippen LogP contribution in [0.2, 0.25) is 0 Å². The molecule has 0 aromatic heterocycles. The molecule has 3 saturated carbocycles. The van der Waals surface area contributed by atoms with E-state index in [1.807, 2.05) is 0 Å². The highest BCUT2D eigenvalue weighted by atomic mass is 16.6. The zero-order chi connectivity index (χ0) is 25.8. The molecular weight excluding hydrogens is 440 g/mol. The number of carbonyl (C=O) groups is 1. The molecule has 5 nitrogen and oxygen atoms in total. The Hall–Kier alpha value is -0.750. The second-order valence-electron chi connectivity index (χ2n) is 14.6. The van der Waals surface area contributed by atoms with Crippen molar-refractivity contribution in [2.75, 3.05) is 0 Å². The number of fused-ring (bicyclic) bond motifs is 5. The summed E-state index contributed by atoms with van der Waals surface area (Å²) >= 11 is 0. The predicted octanol–water partition coefficient (Wildman–Crippen LogP) is 5.02. The summed E-state index contributed by atoms with van der Waals surface area (Å²) in [7, 11) is 0. The molecule has 5 aliphatic rings. The topological polar surface area (TPSA) is 87.0 Å². The average molecular weight is 489 g/mol. The molecule has 4 aliphatic carbocycles. The van der Waals surface area contributed by atoms with E-state index in [4.69, 9.17) is 4.74 Å². The summed E-state index contributed by atoms with van der Waals surface area (Å²) in [5, 5.41) is 31.9. The number of aliphatic hydroxyl groups excluding tert-OH is 2. The number of allylic oxidation sites excluding steroid dienone is 2. The third-order valence-corrected chi connectivity index (χ3v) is 12.4. The van der Waals surface area contributed by atoms with E-state index in [1.165, 1.54) is 0 Å². The van der Waals surface area contributed by atoms with E-state index in [-0.39, 0.29) is 27.6 Å². The molecule has 0 aromatic rings. The van der Waals surface area contributed by atoms with Crippen LogP contribution in [0.1, 0.15) is 99.8 Å². The van der Waals surface area contributed by atoms with Crippen LogP contribution in [0.4, 0.5) is 0 Å². The van der Waals surface area contributed by atoms with E-state index in [0.29, 0.717) is 36.4 Å². The van der Waals surface area contributed by atoms with Gasteiger partial charge in [-0.15, -0.1) is 0 Å². The molecule has 1 unspecified atom stereocenters. The fourth-order valence-electron chi connectivity index (χ4n) is 9.98. The van der Waals surface area contributed by atoms with E-state index < -0.39 is 24.1 Å². The van der Waals surface area contributed by atoms with Crippen LogP contribution in [0.15, 0.2) is 11.6 Å². The Morgan fingerprint density at radius 3 is 2.43 bits per heavy atom. The molecule has 35 heavy (non-hydrogen) atoms. The summed E-state index contributed by atoms with van der Waals surface area (Å²) < 4.78 is 5.86. The lowest BCUT2D eigenvalue weighted by Gasteiger charge is -2.63. The molecule has 5 rings (SSSR count). The van der Waals surface area contributed by atoms with Crippen molar-refractivity contribution in [3.63, 3.8) is 0 Å². The molecule has 4 fully saturated rings. The Bertz CT molecular complexity index is 916. The van der Waals surface area contributed by atoms with E-state index >= 15 is 0 Å². The third kappa shape index (κ3) is 3.43. The first-order valence-electron chi connectivity index (χ1n) is 14.0. The maximum atomic E-state index is 12.8. The monoisotopic (exact) mass is 488 g/mol. The Kier molecular flexibility index (Phi) is 5.83. The van der Waals surface area contributed by atoms with E-state index in [0.717, 1.165) is 38.5 Å². The lowest BCUT2D eigenvalue weighted by molar-refractivity contribution is -0.172. The van der Waals surface area contributed by atoms with Gasteiger partial charge in [0.1, 0.15) is 11.9 Å². The minimum Gasteiger partial charge on any atom is -0.388 e. The fraction of sp³-hybridized carbons (Fsp3) is 0.900. The first kappa shape index (κ1) is 25.9. The number of hydrogen-bond donors (Lipinski definition) is 3. The lowest BCUT2D eigenvalue weighted by Crippen LogP contribution is -2.57. The zero-order valence-corrected chi connectivity index (χ0v) is 22.9. The fourth-order valence-corrected chi connectivity index (χ4v) is 9.98. The maximum Gasteiger partial charge on any atom is 0.158 e. The average Bonchev–Trinajstić information content (AvgIpc) is 3.26. The number of hydrogen-bond acceptors (Lipinski definition) is 5. The number of ketones is 1. The molecule has 0 spiro atoms. The van der Waals surface area contributed by atoms with Crippen LogP contribution in [0, 0.1) is 45.3 Å². The van der Waals surface area contributed by atoms with Gasteiger partial charge in [0.15, 0.2) is 6.29 Å². The second kappa shape index (κ2) is 7.88. The number of Topliss-reactive ketones (excluding diaryl/α,β-unsaturated/α-hetero) is 1. The van der Waals surface area contributed by atoms with E-state index in [2.05, 4.69) is 40.7 Å². The van der Waals surface area contributed by atoms with Crippen molar-refractivity contribution in [2.45, 2.75) is 124 Å². The van der Waals surface area contributed by atoms with Crippen LogP contribution in [0.3, 0.4) is 0 Å². The molecule has 0 radical (unpaired) electrons. The van der Waals surface area contributed by atoms with Crippen molar-refractivity contribution in [3.8, 4) is 0 Å². The normalized spacial score (nSPS) is 50.2. The zero-order valence-electron chi connectivity index (χ0n) is 22.9. The van der Waals surface area contributed by atoms with Gasteiger partial charge in [0.2, 0.25) is 0 Å². The predicted molar refractivity (Wildman–Crippen MR) is 135 cm³/mol. The van der Waals surface area contributed by atoms with E-state index in [1.54, 1.807) is 19.4 Å². The summed E-state index contributed by atoms with van der Waals surface area (Å²) in [6.45, 7) is 14.9. The first-order chi connectivity index (χ1) is 16.1. The van der Waals surface area contributed by atoms with Crippen LogP contribution >= 0.6 is 0 Å². The molecule has 3 N–H and O–H groups in total. The molecule has 0 aromatic carbocycles. The number of carbonyl (C=O) groups excluding carboxylic acids is 1. The van der Waals surface area contributed by atoms with Gasteiger partial charge < -0.3 is 20.1 Å². The van der Waals surface area contributed by atoms with Crippen LogP contribution in [-0.4, -0.2) is 45.2 Å². The van der Waals surface area contributed by atoms with Crippen molar-refractivity contribution in [1.82, 2.24) is 0 Å². The Morgan fingerprint density at radius 1 is 1.09 bits per heavy atom. The molecule has 0 bridgehead atoms. The standard InChI is InChI=1S/C30H48O5/c1-26(2)22-9-8-20-19(28(22,5)13-12-23(26)31)11-15-29(6)18(10-14-30(20,29)7)17-16-21(35-25(17)33)24(32)27(3,4)34/h8,17-19,21-22,24-25,32-34H,9-16H2,1-7H3/t17?,18-,19-,21+,22-,24-,25+,28+,29-,30+/m0/s1. The van der Waals surface area contributed by atoms with Gasteiger partial charge in [-0.25, -0.2) is 0 Å². The van der Waals surface area contributed by atoms with Crippen LogP contribution in [-0.2, 0) is 9.53 Å². The van der Waals surface area contributed by atoms with Gasteiger partial charge >= 0.3 is 0 Å². The second-order valence-corrected chi connectivity index (χ2v) is 14.6. The minimum atomic E-state index is -1.26. The summed E-state index contributed by atoms with van der Waals surface area (Å²) in [5.41, 5.74) is 0.409. The van der Waals surface area contributed by atoms with Gasteiger partial charge in [-0.3, -0.25) is 4.79 Å². The summed E-state index contributed by atoms with van der Waals surface area (Å²) in [6.07, 6.45) is 7.78. The summed E-state index contributed by atoms with van der Waals surface area (Å²) in [5.74, 6) is 1.66. The van der Waals surface area contributed by atoms with Crippen LogP contribution in [0.5, 0.6) is 0 Å². The van der Waals surface area contributed by atoms with E-state index in [9.17, 15) is 20.1 Å². The molecule has 198 valence electrons. The van der Waals surface area contributed by atoms with Gasteiger partial charge in [0.05, 0.1) is 11.7 Å². The molecule has 1 heterocycles. The highest BCUT2D eigenvalue weighted by Crippen LogP contribution is 2.73. The summed E-state index contributed by atoms with van der Waals surface area (Å²) in [6, 6.07) is 0. The molecule has 1 saturated heterocycles. The minimum absolute atomic E-state index is 0.0286. The number of rotatable bonds is 3. The highest BCUT2D eigenvalue weighted by Gasteiger charge is 2.66. The number of ether oxygens (including phenoxy) is 1. The first-order valence-corrected chi connectivity index (χ1v) is 14.0. The number of aliphatic hydroxyl groups is 3. The van der Waals surface area contributed by atoms with Gasteiger partial charge in [0.25, 0.3) is 0 Å². The lowest BCUT2D eigenvalue weighted by atomic mass is 9.41. The maximum absolute atomic E-state index is 12.8. The molecule has 10 atom stereocenters. The van der Waals surface area contributed by atoms with Gasteiger partial charge in [-0.2, -0.15) is 0 Å². The smallest absolute Gasteiger partial charge is 0.158 e. The van der Waals surface area contributed by atoms with Crippen LogP contribution in [0.25, 0.3) is 0 Å². The van der Waals surface area contributed by atoms with Crippen molar-refractivity contribution in [2.24, 2.45) is 45.3 Å². The third-order valence-electron chi connectivity index (χ3n) is 12.4. The van der Waals surface area contributed by atoms with Crippen molar-refractivity contribution < 1.29 is 24.9 Å².